The van der Waals surface area contributed by atoms with Crippen molar-refractivity contribution >= 4 is 5.69 Å². The van der Waals surface area contributed by atoms with Crippen molar-refractivity contribution in [1.82, 2.24) is 5.32 Å². The Morgan fingerprint density at radius 1 is 1.00 bits per heavy atom. The number of hydrogen-bond donors (Lipinski definition) is 3. The molecule has 0 saturated carbocycles. The van der Waals surface area contributed by atoms with Crippen molar-refractivity contribution in [2.75, 3.05) is 11.9 Å². The Balaban J connectivity index is 1.73. The molecule has 100 valence electrons. The van der Waals surface area contributed by atoms with Crippen LogP contribution in [0, 0.1) is 6.92 Å². The molecule has 3 nitrogen and oxygen atoms in total. The van der Waals surface area contributed by atoms with Crippen molar-refractivity contribution in [1.29, 1.82) is 0 Å². The van der Waals surface area contributed by atoms with Gasteiger partial charge in [-0.1, -0.05) is 48.0 Å². The van der Waals surface area contributed by atoms with Crippen molar-refractivity contribution < 1.29 is 5.11 Å². The molecule has 2 aromatic rings. The van der Waals surface area contributed by atoms with Gasteiger partial charge in [0.05, 0.1) is 0 Å². The zero-order valence-corrected chi connectivity index (χ0v) is 11.1. The molecule has 0 aliphatic carbocycles. The van der Waals surface area contributed by atoms with Gasteiger partial charge in [0.1, 0.15) is 0 Å². The summed E-state index contributed by atoms with van der Waals surface area (Å²) in [6, 6.07) is 18.2. The van der Waals surface area contributed by atoms with Gasteiger partial charge in [-0.2, -0.15) is 0 Å². The zero-order chi connectivity index (χ0) is 13.5. The van der Waals surface area contributed by atoms with Crippen LogP contribution in [-0.4, -0.2) is 18.0 Å². The highest BCUT2D eigenvalue weighted by Crippen LogP contribution is 2.08. The van der Waals surface area contributed by atoms with Gasteiger partial charge in [-0.05, 0) is 31.0 Å². The van der Waals surface area contributed by atoms with E-state index in [4.69, 9.17) is 0 Å². The van der Waals surface area contributed by atoms with Gasteiger partial charge in [-0.3, -0.25) is 5.32 Å². The first-order valence-corrected chi connectivity index (χ1v) is 6.52. The smallest absolute Gasteiger partial charge is 0.181 e. The quantitative estimate of drug-likeness (QED) is 0.696. The molecule has 3 heteroatoms. The monoisotopic (exact) mass is 256 g/mol. The summed E-state index contributed by atoms with van der Waals surface area (Å²) in [5, 5.41) is 15.9. The average Bonchev–Trinajstić information content (AvgIpc) is 2.43. The van der Waals surface area contributed by atoms with Crippen LogP contribution in [0.5, 0.6) is 0 Å². The van der Waals surface area contributed by atoms with Crippen molar-refractivity contribution in [2.45, 2.75) is 19.7 Å². The summed E-state index contributed by atoms with van der Waals surface area (Å²) in [4.78, 5) is 0. The van der Waals surface area contributed by atoms with E-state index in [2.05, 4.69) is 22.8 Å². The third kappa shape index (κ3) is 4.73. The molecule has 2 aromatic carbocycles. The highest BCUT2D eigenvalue weighted by atomic mass is 16.3. The second-order valence-electron chi connectivity index (χ2n) is 4.60. The largest absolute Gasteiger partial charge is 0.361 e. The highest BCUT2D eigenvalue weighted by molar-refractivity contribution is 5.44. The van der Waals surface area contributed by atoms with Crippen LogP contribution in [0.25, 0.3) is 0 Å². The van der Waals surface area contributed by atoms with Crippen molar-refractivity contribution in [3.8, 4) is 0 Å². The first kappa shape index (κ1) is 13.6. The number of hydrogen-bond acceptors (Lipinski definition) is 3. The molecule has 0 saturated heterocycles. The lowest BCUT2D eigenvalue weighted by Crippen LogP contribution is -2.37. The molecule has 0 fully saturated rings. The second kappa shape index (κ2) is 6.92. The van der Waals surface area contributed by atoms with Gasteiger partial charge in [0.15, 0.2) is 6.35 Å². The number of benzene rings is 2. The number of aryl methyl sites for hydroxylation is 1. The van der Waals surface area contributed by atoms with Crippen LogP contribution in [0.15, 0.2) is 54.6 Å². The van der Waals surface area contributed by atoms with E-state index in [1.807, 2.05) is 49.4 Å². The molecule has 0 spiro atoms. The van der Waals surface area contributed by atoms with Crippen LogP contribution in [0.4, 0.5) is 5.69 Å². The van der Waals surface area contributed by atoms with Gasteiger partial charge < -0.3 is 10.4 Å². The predicted octanol–water partition coefficient (Wildman–Crippen LogP) is 2.52. The van der Waals surface area contributed by atoms with E-state index in [9.17, 15) is 5.11 Å². The lowest BCUT2D eigenvalue weighted by molar-refractivity contribution is 0.166. The minimum absolute atomic E-state index is 0.726. The summed E-state index contributed by atoms with van der Waals surface area (Å²) in [5.41, 5.74) is 3.37. The Kier molecular flexibility index (Phi) is 4.95. The van der Waals surface area contributed by atoms with Gasteiger partial charge in [0.2, 0.25) is 0 Å². The fraction of sp³-hybridized carbons (Fsp3) is 0.250. The third-order valence-electron chi connectivity index (χ3n) is 2.95. The highest BCUT2D eigenvalue weighted by Gasteiger charge is 2.02. The fourth-order valence-corrected chi connectivity index (χ4v) is 1.86. The fourth-order valence-electron chi connectivity index (χ4n) is 1.86. The maximum Gasteiger partial charge on any atom is 0.181 e. The second-order valence-corrected chi connectivity index (χ2v) is 4.60. The van der Waals surface area contributed by atoms with Crippen LogP contribution >= 0.6 is 0 Å². The number of rotatable bonds is 6. The number of aliphatic hydroxyl groups is 1. The topological polar surface area (TPSA) is 44.3 Å². The number of anilines is 1. The van der Waals surface area contributed by atoms with E-state index in [1.165, 1.54) is 11.1 Å². The van der Waals surface area contributed by atoms with Crippen LogP contribution in [0.2, 0.25) is 0 Å². The summed E-state index contributed by atoms with van der Waals surface area (Å²) in [5.74, 6) is 0. The first-order valence-electron chi connectivity index (χ1n) is 6.52. The number of nitrogens with one attached hydrogen (secondary N) is 2. The number of aliphatic hydroxyl groups excluding tert-OH is 1. The third-order valence-corrected chi connectivity index (χ3v) is 2.95. The lowest BCUT2D eigenvalue weighted by atomic mass is 10.1. The Bertz CT molecular complexity index is 482. The predicted molar refractivity (Wildman–Crippen MR) is 79.0 cm³/mol. The maximum atomic E-state index is 9.83. The van der Waals surface area contributed by atoms with Crippen molar-refractivity contribution in [2.24, 2.45) is 0 Å². The van der Waals surface area contributed by atoms with Crippen molar-refractivity contribution in [3.05, 3.63) is 65.7 Å². The van der Waals surface area contributed by atoms with E-state index in [1.54, 1.807) is 0 Å². The zero-order valence-electron chi connectivity index (χ0n) is 11.1. The molecule has 1 atom stereocenters. The molecule has 0 aromatic heterocycles. The van der Waals surface area contributed by atoms with Crippen molar-refractivity contribution in [3.63, 3.8) is 0 Å². The molecule has 0 radical (unpaired) electrons. The molecule has 0 aliphatic rings. The van der Waals surface area contributed by atoms with E-state index in [0.717, 1.165) is 18.7 Å². The molecule has 0 amide bonds. The molecular formula is C16H20N2O. The van der Waals surface area contributed by atoms with E-state index in [-0.39, 0.29) is 0 Å². The van der Waals surface area contributed by atoms with E-state index in [0.29, 0.717) is 0 Å². The van der Waals surface area contributed by atoms with Crippen LogP contribution in [-0.2, 0) is 6.42 Å². The average molecular weight is 256 g/mol. The molecule has 0 bridgehead atoms. The van der Waals surface area contributed by atoms with Gasteiger partial charge in [0, 0.05) is 12.2 Å². The standard InChI is InChI=1S/C16H20N2O/c1-13-7-9-15(10-8-13)18-16(19)17-12-11-14-5-3-2-4-6-14/h2-10,16-19H,11-12H2,1H3. The van der Waals surface area contributed by atoms with Gasteiger partial charge >= 0.3 is 0 Å². The molecule has 2 rings (SSSR count). The van der Waals surface area contributed by atoms with E-state index >= 15 is 0 Å². The lowest BCUT2D eigenvalue weighted by Gasteiger charge is -2.15. The van der Waals surface area contributed by atoms with Gasteiger partial charge in [-0.25, -0.2) is 0 Å². The Hall–Kier alpha value is -1.84. The minimum Gasteiger partial charge on any atom is -0.361 e. The summed E-state index contributed by atoms with van der Waals surface area (Å²) in [6.45, 7) is 2.77. The molecule has 1 unspecified atom stereocenters. The Morgan fingerprint density at radius 2 is 1.68 bits per heavy atom. The Labute approximate surface area is 114 Å². The molecule has 0 heterocycles. The summed E-state index contributed by atoms with van der Waals surface area (Å²) in [7, 11) is 0. The molecule has 19 heavy (non-hydrogen) atoms. The van der Waals surface area contributed by atoms with Gasteiger partial charge in [0.25, 0.3) is 0 Å². The minimum atomic E-state index is -0.730. The van der Waals surface area contributed by atoms with Crippen LogP contribution in [0.1, 0.15) is 11.1 Å². The normalized spacial score (nSPS) is 12.1. The Morgan fingerprint density at radius 3 is 2.37 bits per heavy atom. The molecule has 0 aliphatic heterocycles. The maximum absolute atomic E-state index is 9.83. The van der Waals surface area contributed by atoms with Crippen LogP contribution < -0.4 is 10.6 Å². The summed E-state index contributed by atoms with van der Waals surface area (Å²) >= 11 is 0. The van der Waals surface area contributed by atoms with Gasteiger partial charge in [-0.15, -0.1) is 0 Å². The SMILES string of the molecule is Cc1ccc(NC(O)NCCc2ccccc2)cc1. The van der Waals surface area contributed by atoms with E-state index < -0.39 is 6.35 Å². The first-order chi connectivity index (χ1) is 9.24. The van der Waals surface area contributed by atoms with Crippen LogP contribution in [0.3, 0.4) is 0 Å². The summed E-state index contributed by atoms with van der Waals surface area (Å²) < 4.78 is 0. The molecular weight excluding hydrogens is 236 g/mol. The summed E-state index contributed by atoms with van der Waals surface area (Å²) in [6.07, 6.45) is 0.166. The molecule has 3 N–H and O–H groups in total.